The normalized spacial score (nSPS) is 18.1. The van der Waals surface area contributed by atoms with E-state index < -0.39 is 11.6 Å². The van der Waals surface area contributed by atoms with E-state index in [2.05, 4.69) is 13.8 Å². The zero-order valence-corrected chi connectivity index (χ0v) is 20.8. The summed E-state index contributed by atoms with van der Waals surface area (Å²) in [6.07, 6.45) is 7.80. The topological polar surface area (TPSA) is 9.23 Å². The van der Waals surface area contributed by atoms with Crippen molar-refractivity contribution in [2.45, 2.75) is 77.2 Å². The highest BCUT2D eigenvalue weighted by Gasteiger charge is 2.24. The molecule has 3 aromatic carbocycles. The number of benzene rings is 3. The number of unbranched alkanes of at least 4 members (excludes halogenated alkanes) is 2. The molecule has 0 radical (unpaired) electrons. The fourth-order valence-corrected chi connectivity index (χ4v) is 5.05. The first-order valence-electron chi connectivity index (χ1n) is 13.0. The van der Waals surface area contributed by atoms with Crippen LogP contribution in [0.25, 0.3) is 22.3 Å². The van der Waals surface area contributed by atoms with Crippen molar-refractivity contribution in [1.82, 2.24) is 0 Å². The van der Waals surface area contributed by atoms with Gasteiger partial charge in [0.25, 0.3) is 0 Å². The van der Waals surface area contributed by atoms with Gasteiger partial charge in [0.05, 0.1) is 12.7 Å². The monoisotopic (exact) mass is 480 g/mol. The third-order valence-corrected chi connectivity index (χ3v) is 7.16. The highest BCUT2D eigenvalue weighted by molar-refractivity contribution is 5.71. The molecule has 2 atom stereocenters. The first-order valence-corrected chi connectivity index (χ1v) is 13.0. The maximum Gasteiger partial charge on any atom is 0.166 e. The second-order valence-corrected chi connectivity index (χ2v) is 9.69. The van der Waals surface area contributed by atoms with E-state index in [0.717, 1.165) is 56.1 Å². The van der Waals surface area contributed by atoms with Crippen LogP contribution < -0.4 is 0 Å². The molecule has 0 saturated carbocycles. The standard InChI is InChI=1S/C31H35F3O/c1-3-5-6-8-23-14-18-28(31(34)30(23)33)22-11-9-21(10-12-22)24-15-17-27(29(32)19-24)25-13-16-26(7-4-2)35-20-25/h9-12,14-15,17-19,25-26H,3-8,13,16,20H2,1-2H3. The van der Waals surface area contributed by atoms with Crippen molar-refractivity contribution < 1.29 is 17.9 Å². The Bertz CT molecular complexity index is 1110. The van der Waals surface area contributed by atoms with Crippen molar-refractivity contribution in [3.63, 3.8) is 0 Å². The van der Waals surface area contributed by atoms with Gasteiger partial charge in [0, 0.05) is 11.5 Å². The fourth-order valence-electron chi connectivity index (χ4n) is 5.05. The van der Waals surface area contributed by atoms with Gasteiger partial charge in [0.1, 0.15) is 5.82 Å². The molecule has 1 aliphatic rings. The molecule has 1 nitrogen and oxygen atoms in total. The summed E-state index contributed by atoms with van der Waals surface area (Å²) in [5.41, 5.74) is 3.57. The zero-order valence-electron chi connectivity index (χ0n) is 20.8. The molecule has 3 aromatic rings. The highest BCUT2D eigenvalue weighted by Crippen LogP contribution is 2.34. The van der Waals surface area contributed by atoms with Crippen molar-refractivity contribution in [2.24, 2.45) is 0 Å². The Labute approximate surface area is 207 Å². The minimum Gasteiger partial charge on any atom is -0.378 e. The molecule has 0 spiro atoms. The number of hydrogen-bond donors (Lipinski definition) is 0. The molecule has 0 aliphatic carbocycles. The Balaban J connectivity index is 1.47. The van der Waals surface area contributed by atoms with Gasteiger partial charge in [0.2, 0.25) is 0 Å². The second-order valence-electron chi connectivity index (χ2n) is 9.69. The molecule has 2 unspecified atom stereocenters. The SMILES string of the molecule is CCCCCc1ccc(-c2ccc(-c3ccc(C4CCC(CCC)OC4)c(F)c3)cc2)c(F)c1F. The molecular weight excluding hydrogens is 445 g/mol. The van der Waals surface area contributed by atoms with Crippen molar-refractivity contribution in [2.75, 3.05) is 6.61 Å². The van der Waals surface area contributed by atoms with Crippen LogP contribution in [0, 0.1) is 17.5 Å². The molecule has 0 aromatic heterocycles. The van der Waals surface area contributed by atoms with Crippen LogP contribution in [0.5, 0.6) is 0 Å². The number of rotatable bonds is 9. The van der Waals surface area contributed by atoms with Gasteiger partial charge in [-0.3, -0.25) is 0 Å². The molecule has 1 heterocycles. The first kappa shape index (κ1) is 25.5. The lowest BCUT2D eigenvalue weighted by Gasteiger charge is -2.29. The summed E-state index contributed by atoms with van der Waals surface area (Å²) >= 11 is 0. The molecular formula is C31H35F3O. The summed E-state index contributed by atoms with van der Waals surface area (Å²) in [7, 11) is 0. The van der Waals surface area contributed by atoms with Crippen LogP contribution in [-0.4, -0.2) is 12.7 Å². The van der Waals surface area contributed by atoms with E-state index in [1.54, 1.807) is 30.3 Å². The number of aryl methyl sites for hydroxylation is 1. The largest absolute Gasteiger partial charge is 0.378 e. The van der Waals surface area contributed by atoms with Crippen molar-refractivity contribution in [3.8, 4) is 22.3 Å². The van der Waals surface area contributed by atoms with Gasteiger partial charge in [-0.15, -0.1) is 0 Å². The molecule has 0 amide bonds. The summed E-state index contributed by atoms with van der Waals surface area (Å²) in [4.78, 5) is 0. The van der Waals surface area contributed by atoms with Crippen LogP contribution >= 0.6 is 0 Å². The Kier molecular flexibility index (Phi) is 8.67. The smallest absolute Gasteiger partial charge is 0.166 e. The van der Waals surface area contributed by atoms with E-state index >= 15 is 4.39 Å². The quantitative estimate of drug-likeness (QED) is 0.277. The average Bonchev–Trinajstić information content (AvgIpc) is 2.88. The molecule has 1 saturated heterocycles. The Morgan fingerprint density at radius 1 is 0.771 bits per heavy atom. The molecule has 35 heavy (non-hydrogen) atoms. The van der Waals surface area contributed by atoms with E-state index in [0.29, 0.717) is 35.8 Å². The van der Waals surface area contributed by atoms with Crippen LogP contribution in [0.4, 0.5) is 13.2 Å². The van der Waals surface area contributed by atoms with Crippen molar-refractivity contribution in [1.29, 1.82) is 0 Å². The Morgan fingerprint density at radius 2 is 1.51 bits per heavy atom. The van der Waals surface area contributed by atoms with Crippen molar-refractivity contribution in [3.05, 3.63) is 83.2 Å². The van der Waals surface area contributed by atoms with E-state index in [-0.39, 0.29) is 17.3 Å². The lowest BCUT2D eigenvalue weighted by molar-refractivity contribution is -0.00172. The van der Waals surface area contributed by atoms with Crippen LogP contribution in [0.15, 0.2) is 54.6 Å². The molecule has 0 bridgehead atoms. The van der Waals surface area contributed by atoms with Gasteiger partial charge in [-0.1, -0.05) is 81.6 Å². The first-order chi connectivity index (χ1) is 17.0. The van der Waals surface area contributed by atoms with Crippen molar-refractivity contribution >= 4 is 0 Å². The Hall–Kier alpha value is -2.59. The van der Waals surface area contributed by atoms with Crippen LogP contribution in [-0.2, 0) is 11.2 Å². The molecule has 186 valence electrons. The van der Waals surface area contributed by atoms with Gasteiger partial charge in [-0.05, 0) is 66.0 Å². The maximum atomic E-state index is 15.0. The summed E-state index contributed by atoms with van der Waals surface area (Å²) in [6, 6.07) is 15.9. The van der Waals surface area contributed by atoms with E-state index in [1.165, 1.54) is 0 Å². The summed E-state index contributed by atoms with van der Waals surface area (Å²) in [5.74, 6) is -1.70. The minimum absolute atomic E-state index is 0.0855. The average molecular weight is 481 g/mol. The van der Waals surface area contributed by atoms with Gasteiger partial charge < -0.3 is 4.74 Å². The lowest BCUT2D eigenvalue weighted by atomic mass is 9.89. The highest BCUT2D eigenvalue weighted by atomic mass is 19.2. The molecule has 1 fully saturated rings. The van der Waals surface area contributed by atoms with Crippen LogP contribution in [0.3, 0.4) is 0 Å². The predicted octanol–water partition coefficient (Wildman–Crippen LogP) is 9.23. The molecule has 1 aliphatic heterocycles. The Morgan fingerprint density at radius 3 is 2.17 bits per heavy atom. The van der Waals surface area contributed by atoms with Gasteiger partial charge in [-0.25, -0.2) is 13.2 Å². The molecule has 0 N–H and O–H groups in total. The predicted molar refractivity (Wildman–Crippen MR) is 137 cm³/mol. The van der Waals surface area contributed by atoms with Crippen LogP contribution in [0.1, 0.15) is 75.8 Å². The van der Waals surface area contributed by atoms with Crippen LogP contribution in [0.2, 0.25) is 0 Å². The number of hydrogen-bond acceptors (Lipinski definition) is 1. The number of ether oxygens (including phenoxy) is 1. The van der Waals surface area contributed by atoms with Gasteiger partial charge in [0.15, 0.2) is 11.6 Å². The number of halogens is 3. The fraction of sp³-hybridized carbons (Fsp3) is 0.419. The minimum atomic E-state index is -0.807. The second kappa shape index (κ2) is 11.9. The van der Waals surface area contributed by atoms with E-state index in [1.807, 2.05) is 24.3 Å². The summed E-state index contributed by atoms with van der Waals surface area (Å²) in [5, 5.41) is 0. The zero-order chi connectivity index (χ0) is 24.8. The third-order valence-electron chi connectivity index (χ3n) is 7.16. The molecule has 4 rings (SSSR count). The van der Waals surface area contributed by atoms with Gasteiger partial charge >= 0.3 is 0 Å². The summed E-state index contributed by atoms with van der Waals surface area (Å²) < 4.78 is 50.3. The molecule has 4 heteroatoms. The van der Waals surface area contributed by atoms with E-state index in [4.69, 9.17) is 4.74 Å². The lowest BCUT2D eigenvalue weighted by Crippen LogP contribution is -2.25. The van der Waals surface area contributed by atoms with Gasteiger partial charge in [-0.2, -0.15) is 0 Å². The third kappa shape index (κ3) is 5.98. The summed E-state index contributed by atoms with van der Waals surface area (Å²) in [6.45, 7) is 4.80. The maximum absolute atomic E-state index is 15.0. The van der Waals surface area contributed by atoms with E-state index in [9.17, 15) is 8.78 Å².